The lowest BCUT2D eigenvalue weighted by Crippen LogP contribution is -2.11. The molecule has 3 aromatic carbocycles. The zero-order valence-electron chi connectivity index (χ0n) is 15.0. The number of carboxylic acids is 1. The third kappa shape index (κ3) is 4.60. The van der Waals surface area contributed by atoms with Crippen LogP contribution in [0, 0.1) is 0 Å². The van der Waals surface area contributed by atoms with Gasteiger partial charge in [0.2, 0.25) is 0 Å². The van der Waals surface area contributed by atoms with Crippen molar-refractivity contribution in [2.24, 2.45) is 0 Å². The van der Waals surface area contributed by atoms with E-state index in [0.29, 0.717) is 17.9 Å². The minimum atomic E-state index is -0.984. The van der Waals surface area contributed by atoms with E-state index in [9.17, 15) is 9.90 Å². The fraction of sp³-hybridized carbons (Fsp3) is 0.136. The molecule has 3 N–H and O–H groups in total. The highest BCUT2D eigenvalue weighted by molar-refractivity contribution is 5.91. The summed E-state index contributed by atoms with van der Waals surface area (Å²) in [5, 5.41) is 9.52. The van der Waals surface area contributed by atoms with E-state index in [4.69, 9.17) is 10.5 Å². The number of ether oxygens (including phenoxy) is 1. The number of para-hydroxylation sites is 1. The molecule has 1 atom stereocenters. The molecule has 0 aromatic heterocycles. The predicted octanol–water partition coefficient (Wildman–Crippen LogP) is 5.12. The average Bonchev–Trinajstić information content (AvgIpc) is 2.66. The molecule has 4 nitrogen and oxygen atoms in total. The molecule has 0 fully saturated rings. The molecule has 0 saturated carbocycles. The van der Waals surface area contributed by atoms with E-state index in [-0.39, 0.29) is 23.9 Å². The molecule has 0 amide bonds. The number of hydrogen-bond acceptors (Lipinski definition) is 3. The van der Waals surface area contributed by atoms with Crippen LogP contribution >= 0.6 is 12.4 Å². The summed E-state index contributed by atoms with van der Waals surface area (Å²) in [4.78, 5) is 11.6. The lowest BCUT2D eigenvalue weighted by Gasteiger charge is -2.20. The van der Waals surface area contributed by atoms with Gasteiger partial charge in [-0.1, -0.05) is 61.5 Å². The highest BCUT2D eigenvalue weighted by atomic mass is 35.5. The molecule has 0 aliphatic rings. The number of benzene rings is 3. The van der Waals surface area contributed by atoms with Crippen LogP contribution in [0.2, 0.25) is 0 Å². The van der Waals surface area contributed by atoms with Gasteiger partial charge in [-0.25, -0.2) is 4.79 Å². The Morgan fingerprint density at radius 2 is 1.67 bits per heavy atom. The molecule has 3 rings (SSSR count). The Morgan fingerprint density at radius 3 is 2.37 bits per heavy atom. The second-order valence-corrected chi connectivity index (χ2v) is 6.15. The van der Waals surface area contributed by atoms with Gasteiger partial charge < -0.3 is 15.6 Å². The molecule has 0 saturated heterocycles. The van der Waals surface area contributed by atoms with E-state index in [1.807, 2.05) is 61.5 Å². The summed E-state index contributed by atoms with van der Waals surface area (Å²) in [6.45, 7) is 2.39. The minimum Gasteiger partial charge on any atom is -0.489 e. The van der Waals surface area contributed by atoms with Gasteiger partial charge in [-0.3, -0.25) is 0 Å². The summed E-state index contributed by atoms with van der Waals surface area (Å²) >= 11 is 0. The van der Waals surface area contributed by atoms with Crippen LogP contribution in [0.25, 0.3) is 0 Å². The minimum absolute atomic E-state index is 0. The topological polar surface area (TPSA) is 72.5 Å². The van der Waals surface area contributed by atoms with Crippen molar-refractivity contribution in [2.45, 2.75) is 19.4 Å². The molecule has 140 valence electrons. The highest BCUT2D eigenvalue weighted by Crippen LogP contribution is 2.36. The van der Waals surface area contributed by atoms with Crippen LogP contribution in [-0.4, -0.2) is 11.1 Å². The predicted molar refractivity (Wildman–Crippen MR) is 110 cm³/mol. The van der Waals surface area contributed by atoms with Crippen molar-refractivity contribution in [3.63, 3.8) is 0 Å². The van der Waals surface area contributed by atoms with Crippen molar-refractivity contribution in [3.05, 3.63) is 95.1 Å². The van der Waals surface area contributed by atoms with Gasteiger partial charge in [0.25, 0.3) is 0 Å². The number of anilines is 1. The van der Waals surface area contributed by atoms with Gasteiger partial charge in [-0.2, -0.15) is 0 Å². The Balaban J connectivity index is 0.00000261. The van der Waals surface area contributed by atoms with Gasteiger partial charge in [0.15, 0.2) is 0 Å². The third-order valence-electron chi connectivity index (χ3n) is 4.43. The van der Waals surface area contributed by atoms with Gasteiger partial charge in [0.05, 0.1) is 5.56 Å². The molecule has 1 unspecified atom stereocenters. The molecule has 0 aliphatic carbocycles. The molecule has 0 bridgehead atoms. The molecule has 0 heterocycles. The van der Waals surface area contributed by atoms with E-state index in [1.165, 1.54) is 0 Å². The number of carbonyl (C=O) groups is 1. The molecule has 0 aliphatic heterocycles. The van der Waals surface area contributed by atoms with Crippen molar-refractivity contribution in [3.8, 4) is 5.75 Å². The van der Waals surface area contributed by atoms with E-state index < -0.39 is 5.97 Å². The second kappa shape index (κ2) is 9.10. The van der Waals surface area contributed by atoms with Crippen molar-refractivity contribution >= 4 is 24.1 Å². The normalized spacial score (nSPS) is 11.3. The largest absolute Gasteiger partial charge is 0.489 e. The summed E-state index contributed by atoms with van der Waals surface area (Å²) in [6.07, 6.45) is 0. The SMILES string of the molecule is CC(c1ccccc1OCc1ccccc1)c1c(N)cccc1C(=O)O.Cl. The number of hydrogen-bond donors (Lipinski definition) is 2. The molecule has 0 radical (unpaired) electrons. The van der Waals surface area contributed by atoms with Crippen molar-refractivity contribution in [2.75, 3.05) is 5.73 Å². The number of aromatic carboxylic acids is 1. The van der Waals surface area contributed by atoms with E-state index in [0.717, 1.165) is 16.9 Å². The maximum absolute atomic E-state index is 11.6. The Kier molecular flexibility index (Phi) is 6.85. The summed E-state index contributed by atoms with van der Waals surface area (Å²) in [6, 6.07) is 22.5. The highest BCUT2D eigenvalue weighted by Gasteiger charge is 2.22. The van der Waals surface area contributed by atoms with E-state index in [1.54, 1.807) is 18.2 Å². The quantitative estimate of drug-likeness (QED) is 0.579. The fourth-order valence-electron chi connectivity index (χ4n) is 3.11. The molecule has 5 heteroatoms. The fourth-order valence-corrected chi connectivity index (χ4v) is 3.11. The summed E-state index contributed by atoms with van der Waals surface area (Å²) in [7, 11) is 0. The van der Waals surface area contributed by atoms with Gasteiger partial charge in [0, 0.05) is 17.2 Å². The molecular formula is C22H22ClNO3. The number of rotatable bonds is 6. The second-order valence-electron chi connectivity index (χ2n) is 6.15. The van der Waals surface area contributed by atoms with Crippen LogP contribution in [0.1, 0.15) is 39.9 Å². The van der Waals surface area contributed by atoms with Crippen molar-refractivity contribution in [1.29, 1.82) is 0 Å². The first-order valence-corrected chi connectivity index (χ1v) is 8.45. The standard InChI is InChI=1S/C22H21NO3.ClH/c1-15(21-18(22(24)25)11-7-12-19(21)23)17-10-5-6-13-20(17)26-14-16-8-3-2-4-9-16;/h2-13,15H,14,23H2,1H3,(H,24,25);1H. The van der Waals surface area contributed by atoms with Crippen LogP contribution in [0.5, 0.6) is 5.75 Å². The lowest BCUT2D eigenvalue weighted by molar-refractivity contribution is 0.0695. The van der Waals surface area contributed by atoms with Gasteiger partial charge in [-0.15, -0.1) is 12.4 Å². The Hall–Kier alpha value is -2.98. The van der Waals surface area contributed by atoms with Gasteiger partial charge >= 0.3 is 5.97 Å². The van der Waals surface area contributed by atoms with Crippen LogP contribution in [0.15, 0.2) is 72.8 Å². The lowest BCUT2D eigenvalue weighted by atomic mass is 9.88. The van der Waals surface area contributed by atoms with E-state index >= 15 is 0 Å². The zero-order chi connectivity index (χ0) is 18.5. The Morgan fingerprint density at radius 1 is 1.00 bits per heavy atom. The van der Waals surface area contributed by atoms with Gasteiger partial charge in [-0.05, 0) is 29.3 Å². The van der Waals surface area contributed by atoms with Crippen molar-refractivity contribution < 1.29 is 14.6 Å². The van der Waals surface area contributed by atoms with Crippen LogP contribution in [0.3, 0.4) is 0 Å². The number of carboxylic acid groups (broad SMARTS) is 1. The van der Waals surface area contributed by atoms with E-state index in [2.05, 4.69) is 0 Å². The van der Waals surface area contributed by atoms with Crippen LogP contribution < -0.4 is 10.5 Å². The molecule has 27 heavy (non-hydrogen) atoms. The average molecular weight is 384 g/mol. The monoisotopic (exact) mass is 383 g/mol. The Labute approximate surface area is 165 Å². The van der Waals surface area contributed by atoms with Gasteiger partial charge in [0.1, 0.15) is 12.4 Å². The van der Waals surface area contributed by atoms with Crippen LogP contribution in [-0.2, 0) is 6.61 Å². The molecular weight excluding hydrogens is 362 g/mol. The summed E-state index contributed by atoms with van der Waals surface area (Å²) in [5.41, 5.74) is 9.38. The van der Waals surface area contributed by atoms with Crippen molar-refractivity contribution in [1.82, 2.24) is 0 Å². The number of halogens is 1. The molecule has 3 aromatic rings. The Bertz CT molecular complexity index is 912. The number of nitrogens with two attached hydrogens (primary N) is 1. The molecule has 0 spiro atoms. The maximum Gasteiger partial charge on any atom is 0.336 e. The summed E-state index contributed by atoms with van der Waals surface area (Å²) < 4.78 is 6.02. The number of nitrogen functional groups attached to an aromatic ring is 1. The first-order valence-electron chi connectivity index (χ1n) is 8.45. The third-order valence-corrected chi connectivity index (χ3v) is 4.43. The van der Waals surface area contributed by atoms with Crippen LogP contribution in [0.4, 0.5) is 5.69 Å². The smallest absolute Gasteiger partial charge is 0.336 e. The maximum atomic E-state index is 11.6. The first kappa shape index (κ1) is 20.3. The zero-order valence-corrected chi connectivity index (χ0v) is 15.8. The summed E-state index contributed by atoms with van der Waals surface area (Å²) in [5.74, 6) is -0.473. The first-order chi connectivity index (χ1) is 12.6.